The summed E-state index contributed by atoms with van der Waals surface area (Å²) in [6, 6.07) is 6.98. The molecule has 3 rings (SSSR count). The first-order chi connectivity index (χ1) is 18.2. The van der Waals surface area contributed by atoms with E-state index in [0.29, 0.717) is 51.5 Å². The van der Waals surface area contributed by atoms with E-state index in [2.05, 4.69) is 19.2 Å². The zero-order valence-corrected chi connectivity index (χ0v) is 23.1. The van der Waals surface area contributed by atoms with Crippen molar-refractivity contribution in [2.75, 3.05) is 52.4 Å². The van der Waals surface area contributed by atoms with Crippen LogP contribution in [0.2, 0.25) is 0 Å². The second-order valence-electron chi connectivity index (χ2n) is 9.85. The van der Waals surface area contributed by atoms with Crippen LogP contribution in [0.15, 0.2) is 29.2 Å². The lowest BCUT2D eigenvalue weighted by Gasteiger charge is -2.30. The number of hydrogen-bond acceptors (Lipinski definition) is 6. The molecule has 1 aromatic carbocycles. The van der Waals surface area contributed by atoms with Gasteiger partial charge >= 0.3 is 12.1 Å². The van der Waals surface area contributed by atoms with Crippen LogP contribution in [0.3, 0.4) is 0 Å². The van der Waals surface area contributed by atoms with Gasteiger partial charge in [-0.15, -0.1) is 0 Å². The first-order valence-electron chi connectivity index (χ1n) is 12.9. The number of hydrogen-bond donors (Lipinski definition) is 2. The number of amides is 2. The molecule has 220 valence electrons. The number of sulfonamides is 1. The molecule has 0 saturated carbocycles. The molecule has 14 heteroatoms. The zero-order chi connectivity index (χ0) is 29.2. The number of nitrogens with zero attached hydrogens (tertiary/aromatic N) is 3. The number of rotatable bonds is 10. The average Bonchev–Trinajstić information content (AvgIpc) is 3.28. The summed E-state index contributed by atoms with van der Waals surface area (Å²) in [4.78, 5) is 37.3. The van der Waals surface area contributed by atoms with Crippen molar-refractivity contribution < 1.29 is 41.1 Å². The summed E-state index contributed by atoms with van der Waals surface area (Å²) >= 11 is 0. The molecule has 0 atom stereocenters. The fourth-order valence-electron chi connectivity index (χ4n) is 4.25. The molecule has 0 spiro atoms. The Morgan fingerprint density at radius 3 is 2.18 bits per heavy atom. The Balaban J connectivity index is 0.000000673. The lowest BCUT2D eigenvalue weighted by molar-refractivity contribution is -0.192. The van der Waals surface area contributed by atoms with Crippen molar-refractivity contribution in [2.45, 2.75) is 50.6 Å². The molecular weight excluding hydrogens is 541 g/mol. The summed E-state index contributed by atoms with van der Waals surface area (Å²) in [7, 11) is -3.82. The largest absolute Gasteiger partial charge is 0.490 e. The molecule has 2 aliphatic rings. The van der Waals surface area contributed by atoms with Crippen molar-refractivity contribution in [3.63, 3.8) is 0 Å². The highest BCUT2D eigenvalue weighted by atomic mass is 32.2. The summed E-state index contributed by atoms with van der Waals surface area (Å²) < 4.78 is 59.9. The second kappa shape index (κ2) is 14.6. The lowest BCUT2D eigenvalue weighted by Crippen LogP contribution is -2.50. The minimum absolute atomic E-state index is 0.122. The number of halogens is 3. The quantitative estimate of drug-likeness (QED) is 0.435. The second-order valence-corrected chi connectivity index (χ2v) is 11.8. The molecule has 0 unspecified atom stereocenters. The predicted octanol–water partition coefficient (Wildman–Crippen LogP) is 1.95. The molecule has 2 amide bonds. The van der Waals surface area contributed by atoms with Crippen molar-refractivity contribution in [2.24, 2.45) is 5.92 Å². The summed E-state index contributed by atoms with van der Waals surface area (Å²) in [6.45, 7) is 8.11. The Bertz CT molecular complexity index is 1070. The van der Waals surface area contributed by atoms with Crippen LogP contribution in [-0.2, 0) is 30.8 Å². The van der Waals surface area contributed by atoms with Crippen LogP contribution in [0.4, 0.5) is 13.2 Å². The monoisotopic (exact) mass is 578 g/mol. The molecule has 0 aliphatic carbocycles. The summed E-state index contributed by atoms with van der Waals surface area (Å²) in [5.41, 5.74) is 1.09. The van der Waals surface area contributed by atoms with E-state index >= 15 is 0 Å². The molecule has 2 saturated heterocycles. The lowest BCUT2D eigenvalue weighted by atomic mass is 10.0. The van der Waals surface area contributed by atoms with Crippen molar-refractivity contribution in [3.05, 3.63) is 29.8 Å². The smallest absolute Gasteiger partial charge is 0.475 e. The first kappa shape index (κ1) is 32.5. The van der Waals surface area contributed by atoms with Crippen LogP contribution in [0, 0.1) is 5.92 Å². The number of benzene rings is 1. The van der Waals surface area contributed by atoms with Gasteiger partial charge in [-0.3, -0.25) is 9.59 Å². The molecule has 1 aromatic rings. The number of aliphatic carboxylic acids is 1. The Kier molecular flexibility index (Phi) is 12.2. The van der Waals surface area contributed by atoms with Gasteiger partial charge in [0.1, 0.15) is 0 Å². The number of alkyl halides is 3. The van der Waals surface area contributed by atoms with E-state index in [4.69, 9.17) is 9.90 Å². The highest BCUT2D eigenvalue weighted by molar-refractivity contribution is 7.89. The van der Waals surface area contributed by atoms with E-state index in [1.807, 2.05) is 12.1 Å². The van der Waals surface area contributed by atoms with Gasteiger partial charge in [-0.05, 0) is 42.9 Å². The number of nitrogens with one attached hydrogen (secondary N) is 1. The fraction of sp³-hybridized carbons (Fsp3) is 0.640. The molecule has 2 aliphatic heterocycles. The van der Waals surface area contributed by atoms with Gasteiger partial charge in [-0.2, -0.15) is 17.5 Å². The molecule has 2 heterocycles. The van der Waals surface area contributed by atoms with Gasteiger partial charge in [-0.25, -0.2) is 13.2 Å². The molecule has 2 N–H and O–H groups in total. The maximum absolute atomic E-state index is 13.4. The Morgan fingerprint density at radius 1 is 1.10 bits per heavy atom. The summed E-state index contributed by atoms with van der Waals surface area (Å²) in [6.07, 6.45) is -2.28. The van der Waals surface area contributed by atoms with Crippen molar-refractivity contribution in [1.29, 1.82) is 0 Å². The maximum atomic E-state index is 13.4. The van der Waals surface area contributed by atoms with E-state index in [1.54, 1.807) is 21.9 Å². The third kappa shape index (κ3) is 10.4. The summed E-state index contributed by atoms with van der Waals surface area (Å²) in [5, 5.41) is 10.3. The normalized spacial score (nSPS) is 16.4. The number of carbonyl (C=O) groups is 3. The number of piperazine rings is 1. The number of carboxylic acid groups (broad SMARTS) is 1. The van der Waals surface area contributed by atoms with Crippen molar-refractivity contribution in [1.82, 2.24) is 19.4 Å². The van der Waals surface area contributed by atoms with E-state index in [9.17, 15) is 31.2 Å². The van der Waals surface area contributed by atoms with Crippen LogP contribution in [0.1, 0.15) is 38.7 Å². The average molecular weight is 579 g/mol. The highest BCUT2D eigenvalue weighted by Gasteiger charge is 2.38. The standard InChI is InChI=1S/C23H36N4O4S.C2HF3O2/c1-19(2)17-20-6-8-21(9-7-20)32(30,31)27(14-4-13-25-12-3-5-22(25)28)18-23(29)26-15-10-24-11-16-26;3-2(4,5)1(6)7/h6-9,19,24H,3-5,10-18H2,1-2H3;(H,6,7). The van der Waals surface area contributed by atoms with Crippen LogP contribution >= 0.6 is 0 Å². The molecule has 0 aromatic heterocycles. The third-order valence-electron chi connectivity index (χ3n) is 6.24. The molecule has 10 nitrogen and oxygen atoms in total. The van der Waals surface area contributed by atoms with Crippen LogP contribution in [-0.4, -0.2) is 104 Å². The van der Waals surface area contributed by atoms with Gasteiger partial charge < -0.3 is 20.2 Å². The van der Waals surface area contributed by atoms with Crippen molar-refractivity contribution in [3.8, 4) is 0 Å². The summed E-state index contributed by atoms with van der Waals surface area (Å²) in [5.74, 6) is -2.33. The molecule has 2 fully saturated rings. The van der Waals surface area contributed by atoms with E-state index in [-0.39, 0.29) is 29.8 Å². The first-order valence-corrected chi connectivity index (χ1v) is 14.3. The molecular formula is C25H37F3N4O6S. The van der Waals surface area contributed by atoms with Gasteiger partial charge in [0, 0.05) is 52.2 Å². The highest BCUT2D eigenvalue weighted by Crippen LogP contribution is 2.19. The Morgan fingerprint density at radius 2 is 1.69 bits per heavy atom. The van der Waals surface area contributed by atoms with Gasteiger partial charge in [-0.1, -0.05) is 26.0 Å². The van der Waals surface area contributed by atoms with Gasteiger partial charge in [0.2, 0.25) is 21.8 Å². The third-order valence-corrected chi connectivity index (χ3v) is 8.10. The van der Waals surface area contributed by atoms with E-state index < -0.39 is 22.2 Å². The number of carbonyl (C=O) groups excluding carboxylic acids is 2. The van der Waals surface area contributed by atoms with Gasteiger partial charge in [0.15, 0.2) is 0 Å². The van der Waals surface area contributed by atoms with Gasteiger partial charge in [0.25, 0.3) is 0 Å². The zero-order valence-electron chi connectivity index (χ0n) is 22.2. The molecule has 0 bridgehead atoms. The molecule has 39 heavy (non-hydrogen) atoms. The fourth-order valence-corrected chi connectivity index (χ4v) is 5.67. The van der Waals surface area contributed by atoms with Crippen LogP contribution in [0.5, 0.6) is 0 Å². The Hall–Kier alpha value is -2.71. The van der Waals surface area contributed by atoms with E-state index in [1.165, 1.54) is 4.31 Å². The maximum Gasteiger partial charge on any atom is 0.490 e. The molecule has 0 radical (unpaired) electrons. The van der Waals surface area contributed by atoms with Gasteiger partial charge in [0.05, 0.1) is 11.4 Å². The van der Waals surface area contributed by atoms with Crippen LogP contribution in [0.25, 0.3) is 0 Å². The van der Waals surface area contributed by atoms with Crippen molar-refractivity contribution >= 4 is 27.8 Å². The predicted molar refractivity (Wildman–Crippen MR) is 137 cm³/mol. The minimum Gasteiger partial charge on any atom is -0.475 e. The van der Waals surface area contributed by atoms with Crippen LogP contribution < -0.4 is 5.32 Å². The SMILES string of the molecule is CC(C)Cc1ccc(S(=O)(=O)N(CCCN2CCCC2=O)CC(=O)N2CCNCC2)cc1.O=C(O)C(F)(F)F. The minimum atomic E-state index is -5.08. The van der Waals surface area contributed by atoms with E-state index in [0.717, 1.165) is 24.9 Å². The number of carboxylic acids is 1. The number of likely N-dealkylation sites (tertiary alicyclic amines) is 1. The topological polar surface area (TPSA) is 127 Å². The Labute approximate surface area is 227 Å².